The topological polar surface area (TPSA) is 185 Å². The Morgan fingerprint density at radius 2 is 1.64 bits per heavy atom. The van der Waals surface area contributed by atoms with Gasteiger partial charge >= 0.3 is 11.9 Å². The van der Waals surface area contributed by atoms with Gasteiger partial charge in [-0.05, 0) is 55.0 Å². The number of hydrogen-bond donors (Lipinski definition) is 8. The van der Waals surface area contributed by atoms with E-state index >= 15 is 0 Å². The number of thiol groups is 1. The predicted octanol–water partition coefficient (Wildman–Crippen LogP) is 3.47. The van der Waals surface area contributed by atoms with Crippen molar-refractivity contribution in [3.8, 4) is 0 Å². The number of amides is 1. The van der Waals surface area contributed by atoms with E-state index in [-0.39, 0.29) is 61.1 Å². The number of allylic oxidation sites excluding steroid dienone is 1. The summed E-state index contributed by atoms with van der Waals surface area (Å²) < 4.78 is 0. The average Bonchev–Trinajstić information content (AvgIpc) is 3.63. The van der Waals surface area contributed by atoms with Crippen LogP contribution in [0.3, 0.4) is 0 Å². The molecule has 1 unspecified atom stereocenters. The summed E-state index contributed by atoms with van der Waals surface area (Å²) in [5.74, 6) is -2.35. The lowest BCUT2D eigenvalue weighted by Crippen LogP contribution is -2.30. The van der Waals surface area contributed by atoms with Gasteiger partial charge in [-0.2, -0.15) is 12.6 Å². The van der Waals surface area contributed by atoms with Crippen LogP contribution < -0.4 is 10.6 Å². The summed E-state index contributed by atoms with van der Waals surface area (Å²) in [7, 11) is 0. The summed E-state index contributed by atoms with van der Waals surface area (Å²) in [5, 5.41) is 35.4. The number of carboxylic acid groups (broad SMARTS) is 2. The molecule has 2 aliphatic rings. The first-order valence-electron chi connectivity index (χ1n) is 15.1. The van der Waals surface area contributed by atoms with Gasteiger partial charge in [-0.15, -0.1) is 0 Å². The van der Waals surface area contributed by atoms with E-state index in [1.165, 1.54) is 0 Å². The first-order chi connectivity index (χ1) is 21.3. The summed E-state index contributed by atoms with van der Waals surface area (Å²) in [6.07, 6.45) is 4.08. The number of nitrogens with one attached hydrogen (secondary N) is 4. The number of hydrogen-bond acceptors (Lipinski definition) is 7. The van der Waals surface area contributed by atoms with Crippen molar-refractivity contribution < 1.29 is 34.5 Å². The van der Waals surface area contributed by atoms with Gasteiger partial charge in [0, 0.05) is 76.7 Å². The minimum atomic E-state index is -1.00. The lowest BCUT2D eigenvalue weighted by atomic mass is 9.91. The number of H-pyrrole nitrogens is 2. The van der Waals surface area contributed by atoms with Crippen LogP contribution in [0, 0.1) is 18.8 Å². The number of carbonyl (C=O) groups excluding carboxylic acids is 2. The molecule has 4 rings (SSSR count). The molecule has 2 aromatic heterocycles. The van der Waals surface area contributed by atoms with E-state index in [9.17, 15) is 34.5 Å². The lowest BCUT2D eigenvalue weighted by molar-refractivity contribution is -0.138. The number of aliphatic hydroxyl groups excluding tert-OH is 1. The minimum Gasteiger partial charge on any atom is -0.481 e. The fraction of sp³-hybridized carbons (Fsp3) is 0.455. The van der Waals surface area contributed by atoms with Crippen molar-refractivity contribution in [2.24, 2.45) is 11.8 Å². The molecular weight excluding hydrogens is 596 g/mol. The SMILES string of the molecule is C=CC1=C(C)[C@@H](Cc2[nH]c(Cc3[nH]c(/C=C4/NC(O)[C@H](C)[C@H]4[C@@H](C)S)c(C=O)c3CCC(=O)O)c(CCC(=O)O)c2C)NC1=O. The van der Waals surface area contributed by atoms with E-state index in [4.69, 9.17) is 0 Å². The standard InChI is InChI=1S/C33H42N4O7S/c1-6-19-15(2)24(36-33(19)44)11-23-16(3)20(7-9-29(39)40)25(34-23)12-26-21(8-10-30(41)42)22(14-38)27(35-26)13-28-31(18(5)45)17(4)32(43)37-28/h6,13-14,17-18,24,31-32,34-35,37,43,45H,1,7-12H2,2-5H3,(H,36,44)(H,39,40)(H,41,42)/b28-13+/t17-,18-,24-,31+,32?/m1/s1. The third-order valence-electron chi connectivity index (χ3n) is 9.15. The van der Waals surface area contributed by atoms with E-state index in [2.05, 4.69) is 39.8 Å². The van der Waals surface area contributed by atoms with Crippen LogP contribution in [-0.4, -0.2) is 66.9 Å². The normalized spacial score (nSPS) is 22.9. The Hall–Kier alpha value is -4.03. The minimum absolute atomic E-state index is 0.0840. The summed E-state index contributed by atoms with van der Waals surface area (Å²) >= 11 is 4.62. The lowest BCUT2D eigenvalue weighted by Gasteiger charge is -2.19. The zero-order valence-corrected chi connectivity index (χ0v) is 26.9. The van der Waals surface area contributed by atoms with E-state index in [1.807, 2.05) is 27.7 Å². The van der Waals surface area contributed by atoms with E-state index in [0.717, 1.165) is 33.8 Å². The maximum absolute atomic E-state index is 12.5. The number of carbonyl (C=O) groups is 4. The van der Waals surface area contributed by atoms with Crippen LogP contribution in [0.25, 0.3) is 6.08 Å². The third kappa shape index (κ3) is 7.12. The largest absolute Gasteiger partial charge is 0.481 e. The molecule has 0 aliphatic carbocycles. The zero-order chi connectivity index (χ0) is 33.2. The average molecular weight is 639 g/mol. The van der Waals surface area contributed by atoms with Gasteiger partial charge in [-0.25, -0.2) is 0 Å². The summed E-state index contributed by atoms with van der Waals surface area (Å²) in [6, 6.07) is -0.252. The summed E-state index contributed by atoms with van der Waals surface area (Å²) in [5.41, 5.74) is 7.48. The number of aliphatic hydroxyl groups is 1. The molecule has 2 aromatic rings. The van der Waals surface area contributed by atoms with Crippen molar-refractivity contribution in [2.45, 2.75) is 83.7 Å². The predicted molar refractivity (Wildman–Crippen MR) is 173 cm³/mol. The first-order valence-corrected chi connectivity index (χ1v) is 15.6. The molecule has 45 heavy (non-hydrogen) atoms. The monoisotopic (exact) mass is 638 g/mol. The molecule has 0 saturated carbocycles. The van der Waals surface area contributed by atoms with E-state index < -0.39 is 18.2 Å². The Morgan fingerprint density at radius 3 is 2.20 bits per heavy atom. The highest BCUT2D eigenvalue weighted by Gasteiger charge is 2.38. The number of carboxylic acids is 2. The summed E-state index contributed by atoms with van der Waals surface area (Å²) in [4.78, 5) is 54.8. The number of aliphatic carboxylic acids is 2. The second-order valence-electron chi connectivity index (χ2n) is 12.0. The van der Waals surface area contributed by atoms with Crippen molar-refractivity contribution in [3.63, 3.8) is 0 Å². The molecule has 0 radical (unpaired) electrons. The third-order valence-corrected chi connectivity index (χ3v) is 9.47. The number of aromatic nitrogens is 2. The highest BCUT2D eigenvalue weighted by atomic mass is 32.1. The molecule has 0 aromatic carbocycles. The van der Waals surface area contributed by atoms with Gasteiger partial charge < -0.3 is 35.9 Å². The molecule has 5 atom stereocenters. The molecule has 0 spiro atoms. The van der Waals surface area contributed by atoms with Crippen LogP contribution in [0.4, 0.5) is 0 Å². The molecule has 1 fully saturated rings. The first kappa shape index (κ1) is 33.9. The number of aldehydes is 1. The van der Waals surface area contributed by atoms with Gasteiger partial charge in [0.2, 0.25) is 0 Å². The van der Waals surface area contributed by atoms with Gasteiger partial charge in [-0.1, -0.05) is 26.5 Å². The van der Waals surface area contributed by atoms with E-state index in [0.29, 0.717) is 40.8 Å². The van der Waals surface area contributed by atoms with Crippen molar-refractivity contribution in [3.05, 3.63) is 74.5 Å². The fourth-order valence-corrected chi connectivity index (χ4v) is 7.08. The molecular formula is C33H42N4O7S. The highest BCUT2D eigenvalue weighted by molar-refractivity contribution is 7.80. The second-order valence-corrected chi connectivity index (χ2v) is 12.8. The molecule has 242 valence electrons. The zero-order valence-electron chi connectivity index (χ0n) is 26.0. The van der Waals surface area contributed by atoms with Crippen LogP contribution in [0.1, 0.15) is 83.4 Å². The molecule has 12 heteroatoms. The molecule has 0 bridgehead atoms. The molecule has 2 aliphatic heterocycles. The highest BCUT2D eigenvalue weighted by Crippen LogP contribution is 2.36. The van der Waals surface area contributed by atoms with Crippen LogP contribution in [-0.2, 0) is 40.1 Å². The fourth-order valence-electron chi connectivity index (χ4n) is 6.65. The van der Waals surface area contributed by atoms with Crippen LogP contribution in [0.15, 0.2) is 29.5 Å². The van der Waals surface area contributed by atoms with Gasteiger partial charge in [0.1, 0.15) is 6.23 Å². The van der Waals surface area contributed by atoms with Crippen molar-refractivity contribution in [1.82, 2.24) is 20.6 Å². The maximum atomic E-state index is 12.5. The van der Waals surface area contributed by atoms with Crippen molar-refractivity contribution in [2.75, 3.05) is 0 Å². The molecule has 4 heterocycles. The van der Waals surface area contributed by atoms with Crippen molar-refractivity contribution in [1.29, 1.82) is 0 Å². The van der Waals surface area contributed by atoms with Gasteiger partial charge in [0.05, 0.1) is 11.7 Å². The van der Waals surface area contributed by atoms with Gasteiger partial charge in [0.15, 0.2) is 6.29 Å². The second kappa shape index (κ2) is 13.9. The quantitative estimate of drug-likeness (QED) is 0.114. The van der Waals surface area contributed by atoms with Crippen molar-refractivity contribution >= 4 is 42.8 Å². The smallest absolute Gasteiger partial charge is 0.303 e. The summed E-state index contributed by atoms with van der Waals surface area (Å²) in [6.45, 7) is 11.4. The van der Waals surface area contributed by atoms with Crippen LogP contribution >= 0.6 is 12.6 Å². The Kier molecular flexibility index (Phi) is 10.5. The van der Waals surface area contributed by atoms with Crippen LogP contribution in [0.2, 0.25) is 0 Å². The Balaban J connectivity index is 1.78. The molecule has 1 saturated heterocycles. The number of aromatic amines is 2. The van der Waals surface area contributed by atoms with Crippen LogP contribution in [0.5, 0.6) is 0 Å². The Morgan fingerprint density at radius 1 is 1.02 bits per heavy atom. The molecule has 11 nitrogen and oxygen atoms in total. The van der Waals surface area contributed by atoms with E-state index in [1.54, 1.807) is 12.2 Å². The molecule has 7 N–H and O–H groups in total. The van der Waals surface area contributed by atoms with Gasteiger partial charge in [-0.3, -0.25) is 19.2 Å². The van der Waals surface area contributed by atoms with Gasteiger partial charge in [0.25, 0.3) is 5.91 Å². The Bertz CT molecular complexity index is 1580. The molecule has 1 amide bonds. The Labute approximate surface area is 267 Å². The number of rotatable bonds is 14. The maximum Gasteiger partial charge on any atom is 0.303 e.